The number of sulfonamides is 1. The zero-order valence-corrected chi connectivity index (χ0v) is 22.9. The minimum Gasteiger partial charge on any atom is -0.375 e. The number of carbonyl (C=O) groups excluding carboxylic acids is 1. The summed E-state index contributed by atoms with van der Waals surface area (Å²) in [5.74, 6) is 0.146. The van der Waals surface area contributed by atoms with E-state index in [-0.39, 0.29) is 10.8 Å². The van der Waals surface area contributed by atoms with E-state index in [0.29, 0.717) is 47.1 Å². The molecule has 0 aromatic heterocycles. The number of benzene rings is 3. The highest BCUT2D eigenvalue weighted by molar-refractivity contribution is 7.89. The number of ether oxygens (including phenoxy) is 1. The van der Waals surface area contributed by atoms with Crippen molar-refractivity contribution in [1.29, 1.82) is 0 Å². The van der Waals surface area contributed by atoms with Crippen LogP contribution < -0.4 is 15.4 Å². The van der Waals surface area contributed by atoms with Crippen LogP contribution in [0.25, 0.3) is 11.3 Å². The summed E-state index contributed by atoms with van der Waals surface area (Å²) in [5.41, 5.74) is 5.10. The fourth-order valence-electron chi connectivity index (χ4n) is 5.82. The third-order valence-corrected chi connectivity index (χ3v) is 9.66. The molecule has 2 saturated heterocycles. The smallest absolute Gasteiger partial charge is 0.258 e. The molecule has 0 spiro atoms. The minimum absolute atomic E-state index is 0.152. The predicted octanol–water partition coefficient (Wildman–Crippen LogP) is 4.28. The van der Waals surface area contributed by atoms with Crippen molar-refractivity contribution >= 4 is 38.6 Å². The van der Waals surface area contributed by atoms with Crippen LogP contribution in [-0.4, -0.2) is 51.1 Å². The maximum atomic E-state index is 13.3. The summed E-state index contributed by atoms with van der Waals surface area (Å²) in [4.78, 5) is 16.0. The highest BCUT2D eigenvalue weighted by Crippen LogP contribution is 2.39. The number of amides is 1. The summed E-state index contributed by atoms with van der Waals surface area (Å²) >= 11 is 0. The van der Waals surface area contributed by atoms with E-state index in [1.807, 2.05) is 42.5 Å². The lowest BCUT2D eigenvalue weighted by molar-refractivity contribution is -0.110. The molecule has 7 rings (SSSR count). The van der Waals surface area contributed by atoms with Crippen LogP contribution in [0.1, 0.15) is 36.0 Å². The van der Waals surface area contributed by atoms with E-state index >= 15 is 0 Å². The topological polar surface area (TPSA) is 99.8 Å². The Morgan fingerprint density at radius 1 is 1.02 bits per heavy atom. The van der Waals surface area contributed by atoms with Gasteiger partial charge in [-0.2, -0.15) is 0 Å². The normalized spacial score (nSPS) is 23.2. The highest BCUT2D eigenvalue weighted by Gasteiger charge is 2.38. The number of hydrogen-bond donors (Lipinski definition) is 3. The molecule has 2 bridgehead atoms. The van der Waals surface area contributed by atoms with Crippen molar-refractivity contribution in [2.24, 2.45) is 5.92 Å². The zero-order chi connectivity index (χ0) is 27.3. The molecule has 0 radical (unpaired) electrons. The second-order valence-electron chi connectivity index (χ2n) is 11.2. The van der Waals surface area contributed by atoms with Gasteiger partial charge in [-0.05, 0) is 66.6 Å². The quantitative estimate of drug-likeness (QED) is 0.340. The van der Waals surface area contributed by atoms with Crippen molar-refractivity contribution in [3.8, 4) is 0 Å². The number of morpholine rings is 1. The van der Waals surface area contributed by atoms with Gasteiger partial charge >= 0.3 is 0 Å². The van der Waals surface area contributed by atoms with E-state index in [9.17, 15) is 13.2 Å². The van der Waals surface area contributed by atoms with Crippen LogP contribution in [0.2, 0.25) is 0 Å². The first-order chi connectivity index (χ1) is 19.4. The minimum atomic E-state index is -3.69. The lowest BCUT2D eigenvalue weighted by Crippen LogP contribution is -2.36. The zero-order valence-electron chi connectivity index (χ0n) is 22.1. The Labute approximate surface area is 234 Å². The summed E-state index contributed by atoms with van der Waals surface area (Å²) in [6, 6.07) is 23.3. The van der Waals surface area contributed by atoms with Crippen LogP contribution >= 0.6 is 0 Å². The molecule has 2 unspecified atom stereocenters. The van der Waals surface area contributed by atoms with Crippen LogP contribution in [0.3, 0.4) is 0 Å². The van der Waals surface area contributed by atoms with Crippen LogP contribution in [0.5, 0.6) is 0 Å². The fourth-order valence-corrected chi connectivity index (χ4v) is 6.97. The van der Waals surface area contributed by atoms with Crippen molar-refractivity contribution in [3.63, 3.8) is 0 Å². The molecule has 9 heteroatoms. The van der Waals surface area contributed by atoms with Crippen LogP contribution in [0.15, 0.2) is 77.7 Å². The Kier molecular flexibility index (Phi) is 6.47. The van der Waals surface area contributed by atoms with E-state index < -0.39 is 10.0 Å². The largest absolute Gasteiger partial charge is 0.375 e. The number of likely N-dealkylation sites (tertiary alicyclic amines) is 1. The number of anilines is 2. The fraction of sp³-hybridized carbons (Fsp3) is 0.323. The second-order valence-corrected chi connectivity index (χ2v) is 12.9. The number of nitrogens with one attached hydrogen (secondary N) is 3. The van der Waals surface area contributed by atoms with Gasteiger partial charge in [0, 0.05) is 42.6 Å². The summed E-state index contributed by atoms with van der Waals surface area (Å²) in [6.45, 7) is 3.14. The average molecular weight is 557 g/mol. The molecule has 3 aromatic rings. The molecule has 206 valence electrons. The Morgan fingerprint density at radius 2 is 1.82 bits per heavy atom. The maximum Gasteiger partial charge on any atom is 0.258 e. The molecular formula is C31H32N4O4S. The molecular weight excluding hydrogens is 524 g/mol. The van der Waals surface area contributed by atoms with Crippen molar-refractivity contribution < 1.29 is 17.9 Å². The van der Waals surface area contributed by atoms with E-state index in [1.54, 1.807) is 18.2 Å². The van der Waals surface area contributed by atoms with Gasteiger partial charge in [-0.25, -0.2) is 13.1 Å². The lowest BCUT2D eigenvalue weighted by Gasteiger charge is -2.26. The molecule has 3 fully saturated rings. The molecule has 1 amide bonds. The average Bonchev–Trinajstić information content (AvgIpc) is 3.42. The van der Waals surface area contributed by atoms with Gasteiger partial charge in [0.2, 0.25) is 10.0 Å². The van der Waals surface area contributed by atoms with Crippen molar-refractivity contribution in [2.75, 3.05) is 30.3 Å². The molecule has 3 N–H and O–H groups in total. The molecule has 8 nitrogen and oxygen atoms in total. The first kappa shape index (κ1) is 25.5. The van der Waals surface area contributed by atoms with Crippen LogP contribution in [0, 0.1) is 5.92 Å². The number of carbonyl (C=O) groups is 1. The molecule has 2 atom stereocenters. The number of rotatable bonds is 9. The third-order valence-electron chi connectivity index (χ3n) is 8.24. The summed E-state index contributed by atoms with van der Waals surface area (Å²) < 4.78 is 34.5. The Balaban J connectivity index is 1.20. The van der Waals surface area contributed by atoms with E-state index in [1.165, 1.54) is 5.56 Å². The Bertz CT molecular complexity index is 1580. The van der Waals surface area contributed by atoms with Gasteiger partial charge in [0.1, 0.15) is 0 Å². The first-order valence-corrected chi connectivity index (χ1v) is 15.4. The van der Waals surface area contributed by atoms with Crippen molar-refractivity contribution in [1.82, 2.24) is 9.62 Å². The summed E-state index contributed by atoms with van der Waals surface area (Å²) in [6.07, 6.45) is 3.60. The molecule has 1 saturated carbocycles. The standard InChI is InChI=1S/C31H32N4O4S/c36-31-29(27-15-26(12-13-28(27)34-31)40(37,38)32-16-20-6-7-20)30(22-4-2-1-3-5-22)33-23-10-8-21(9-11-23)17-35-18-25-14-24(35)19-39-25/h1-5,8-13,15,20,24-25,32-33H,6-7,14,16-19H2,(H,34,36)/b30-29-. The van der Waals surface area contributed by atoms with Gasteiger partial charge in [-0.1, -0.05) is 42.5 Å². The molecule has 3 heterocycles. The summed E-state index contributed by atoms with van der Waals surface area (Å²) in [5, 5.41) is 6.40. The van der Waals surface area contributed by atoms with Gasteiger partial charge in [0.25, 0.3) is 5.91 Å². The highest BCUT2D eigenvalue weighted by atomic mass is 32.2. The lowest BCUT2D eigenvalue weighted by atomic mass is 10.00. The summed E-state index contributed by atoms with van der Waals surface area (Å²) in [7, 11) is -3.69. The van der Waals surface area contributed by atoms with E-state index in [4.69, 9.17) is 4.74 Å². The third kappa shape index (κ3) is 5.06. The Hall–Kier alpha value is -3.50. The van der Waals surface area contributed by atoms with E-state index in [0.717, 1.165) is 50.2 Å². The van der Waals surface area contributed by atoms with E-state index in [2.05, 4.69) is 32.4 Å². The SMILES string of the molecule is O=C1Nc2ccc(S(=O)(=O)NCC3CC3)cc2/C1=C(/Nc1ccc(CN2CC3CC2CO3)cc1)c1ccccc1. The van der Waals surface area contributed by atoms with Crippen molar-refractivity contribution in [3.05, 3.63) is 89.5 Å². The first-order valence-electron chi connectivity index (χ1n) is 13.9. The molecule has 40 heavy (non-hydrogen) atoms. The second kappa shape index (κ2) is 10.2. The van der Waals surface area contributed by atoms with Crippen LogP contribution in [0.4, 0.5) is 11.4 Å². The number of nitrogens with zero attached hydrogens (tertiary/aromatic N) is 1. The number of hydrogen-bond acceptors (Lipinski definition) is 6. The molecule has 4 aliphatic rings. The molecule has 1 aliphatic carbocycles. The van der Waals surface area contributed by atoms with Crippen molar-refractivity contribution in [2.45, 2.75) is 42.8 Å². The number of fused-ring (bicyclic) bond motifs is 3. The van der Waals surface area contributed by atoms with Gasteiger partial charge in [0.05, 0.1) is 28.9 Å². The molecule has 3 aromatic carbocycles. The predicted molar refractivity (Wildman–Crippen MR) is 155 cm³/mol. The molecule has 3 aliphatic heterocycles. The van der Waals surface area contributed by atoms with Gasteiger partial charge in [-0.3, -0.25) is 9.69 Å². The van der Waals surface area contributed by atoms with Gasteiger partial charge in [-0.15, -0.1) is 0 Å². The van der Waals surface area contributed by atoms with Gasteiger partial charge < -0.3 is 15.4 Å². The monoisotopic (exact) mass is 556 g/mol. The maximum absolute atomic E-state index is 13.3. The van der Waals surface area contributed by atoms with Crippen LogP contribution in [-0.2, 0) is 26.1 Å². The Morgan fingerprint density at radius 3 is 2.52 bits per heavy atom. The van der Waals surface area contributed by atoms with Gasteiger partial charge in [0.15, 0.2) is 0 Å².